The molecule has 4 aromatic rings. The Kier molecular flexibility index (Phi) is 3.73. The molecule has 0 aliphatic carbocycles. The second-order valence-electron chi connectivity index (χ2n) is 6.36. The molecule has 4 rings (SSSR count). The predicted molar refractivity (Wildman–Crippen MR) is 103 cm³/mol. The van der Waals surface area contributed by atoms with Crippen molar-refractivity contribution in [1.82, 2.24) is 0 Å². The number of benzene rings is 3. The lowest BCUT2D eigenvalue weighted by Crippen LogP contribution is -2.07. The zero-order valence-electron chi connectivity index (χ0n) is 14.2. The fourth-order valence-corrected chi connectivity index (χ4v) is 3.03. The summed E-state index contributed by atoms with van der Waals surface area (Å²) in [6, 6.07) is 23.5. The van der Waals surface area contributed by atoms with E-state index < -0.39 is 0 Å². The van der Waals surface area contributed by atoms with Gasteiger partial charge in [-0.15, -0.1) is 0 Å². The van der Waals surface area contributed by atoms with Crippen molar-refractivity contribution >= 4 is 11.0 Å². The van der Waals surface area contributed by atoms with Crippen LogP contribution in [0.2, 0.25) is 0 Å². The lowest BCUT2D eigenvalue weighted by atomic mass is 9.97. The van der Waals surface area contributed by atoms with Gasteiger partial charge in [0, 0.05) is 5.56 Å². The van der Waals surface area contributed by atoms with Crippen LogP contribution in [0.15, 0.2) is 82.0 Å². The van der Waals surface area contributed by atoms with E-state index in [4.69, 9.17) is 4.42 Å². The molecule has 0 fully saturated rings. The predicted octanol–water partition coefficient (Wildman–Crippen LogP) is 5.74. The highest BCUT2D eigenvalue weighted by atomic mass is 16.3. The van der Waals surface area contributed by atoms with Gasteiger partial charge in [-0.3, -0.25) is 4.79 Å². The lowest BCUT2D eigenvalue weighted by molar-refractivity contribution is 0.621. The Balaban J connectivity index is 2.09. The van der Waals surface area contributed by atoms with Crippen LogP contribution < -0.4 is 5.43 Å². The van der Waals surface area contributed by atoms with E-state index in [-0.39, 0.29) is 5.43 Å². The van der Waals surface area contributed by atoms with Crippen LogP contribution >= 0.6 is 0 Å². The first kappa shape index (κ1) is 15.4. The van der Waals surface area contributed by atoms with E-state index >= 15 is 0 Å². The lowest BCUT2D eigenvalue weighted by Gasteiger charge is -2.11. The van der Waals surface area contributed by atoms with E-state index in [2.05, 4.69) is 0 Å². The van der Waals surface area contributed by atoms with Crippen LogP contribution in [0.25, 0.3) is 33.4 Å². The van der Waals surface area contributed by atoms with Crippen LogP contribution in [-0.2, 0) is 0 Å². The number of hydrogen-bond donors (Lipinski definition) is 0. The monoisotopic (exact) mass is 326 g/mol. The van der Waals surface area contributed by atoms with E-state index in [0.29, 0.717) is 22.3 Å². The molecule has 0 aliphatic heterocycles. The molecule has 25 heavy (non-hydrogen) atoms. The molecular formula is C23H18O2. The standard InChI is InChI=1S/C23H18O2/c1-15-7-11-17(12-8-15)21-22(24)19-5-3-4-6-20(19)25-23(21)18-13-9-16(2)10-14-18/h3-14H,1-2H3. The van der Waals surface area contributed by atoms with Crippen LogP contribution in [0.5, 0.6) is 0 Å². The van der Waals surface area contributed by atoms with Gasteiger partial charge in [0.05, 0.1) is 10.9 Å². The van der Waals surface area contributed by atoms with Crippen molar-refractivity contribution < 1.29 is 4.42 Å². The third-order valence-electron chi connectivity index (χ3n) is 4.45. The summed E-state index contributed by atoms with van der Waals surface area (Å²) >= 11 is 0. The van der Waals surface area contributed by atoms with Crippen molar-refractivity contribution in [3.05, 3.63) is 94.1 Å². The highest BCUT2D eigenvalue weighted by Crippen LogP contribution is 2.32. The summed E-state index contributed by atoms with van der Waals surface area (Å²) < 4.78 is 6.18. The zero-order chi connectivity index (χ0) is 17.4. The molecule has 0 N–H and O–H groups in total. The van der Waals surface area contributed by atoms with Crippen molar-refractivity contribution in [1.29, 1.82) is 0 Å². The van der Waals surface area contributed by atoms with Crippen molar-refractivity contribution in [3.63, 3.8) is 0 Å². The largest absolute Gasteiger partial charge is 0.455 e. The summed E-state index contributed by atoms with van der Waals surface area (Å²) in [6.07, 6.45) is 0. The molecule has 1 aromatic heterocycles. The van der Waals surface area contributed by atoms with Gasteiger partial charge in [0.15, 0.2) is 0 Å². The van der Waals surface area contributed by atoms with Crippen molar-refractivity contribution in [2.24, 2.45) is 0 Å². The third-order valence-corrected chi connectivity index (χ3v) is 4.45. The molecule has 0 saturated heterocycles. The van der Waals surface area contributed by atoms with Gasteiger partial charge < -0.3 is 4.42 Å². The SMILES string of the molecule is Cc1ccc(-c2oc3ccccc3c(=O)c2-c2ccc(C)cc2)cc1. The summed E-state index contributed by atoms with van der Waals surface area (Å²) in [5.41, 5.74) is 5.34. The quantitative estimate of drug-likeness (QED) is 0.470. The van der Waals surface area contributed by atoms with Crippen LogP contribution in [0, 0.1) is 13.8 Å². The molecule has 0 radical (unpaired) electrons. The average Bonchev–Trinajstić information content (AvgIpc) is 2.63. The number of aryl methyl sites for hydroxylation is 2. The van der Waals surface area contributed by atoms with Crippen molar-refractivity contribution in [3.8, 4) is 22.5 Å². The van der Waals surface area contributed by atoms with Crippen LogP contribution in [0.3, 0.4) is 0 Å². The smallest absolute Gasteiger partial charge is 0.201 e. The summed E-state index contributed by atoms with van der Waals surface area (Å²) in [7, 11) is 0. The maximum Gasteiger partial charge on any atom is 0.201 e. The molecule has 2 heteroatoms. The van der Waals surface area contributed by atoms with E-state index in [1.807, 2.05) is 86.6 Å². The summed E-state index contributed by atoms with van der Waals surface area (Å²) in [5.74, 6) is 0.618. The molecule has 122 valence electrons. The van der Waals surface area contributed by atoms with Crippen LogP contribution in [0.1, 0.15) is 11.1 Å². The summed E-state index contributed by atoms with van der Waals surface area (Å²) in [5, 5.41) is 0.605. The second-order valence-corrected chi connectivity index (χ2v) is 6.36. The number of hydrogen-bond acceptors (Lipinski definition) is 2. The first-order valence-electron chi connectivity index (χ1n) is 8.33. The van der Waals surface area contributed by atoms with Gasteiger partial charge in [0.25, 0.3) is 0 Å². The van der Waals surface area contributed by atoms with Gasteiger partial charge in [-0.2, -0.15) is 0 Å². The van der Waals surface area contributed by atoms with Gasteiger partial charge in [-0.05, 0) is 31.5 Å². The van der Waals surface area contributed by atoms with E-state index in [0.717, 1.165) is 16.7 Å². The molecule has 0 atom stereocenters. The summed E-state index contributed by atoms with van der Waals surface area (Å²) in [6.45, 7) is 4.08. The fraction of sp³-hybridized carbons (Fsp3) is 0.0870. The molecule has 1 heterocycles. The molecular weight excluding hydrogens is 308 g/mol. The van der Waals surface area contributed by atoms with Crippen molar-refractivity contribution in [2.45, 2.75) is 13.8 Å². The first-order valence-corrected chi connectivity index (χ1v) is 8.33. The molecule has 0 spiro atoms. The average molecular weight is 326 g/mol. The maximum atomic E-state index is 13.2. The minimum absolute atomic E-state index is 0.00118. The molecule has 0 saturated carbocycles. The fourth-order valence-electron chi connectivity index (χ4n) is 3.03. The van der Waals surface area contributed by atoms with Gasteiger partial charge in [0.1, 0.15) is 11.3 Å². The van der Waals surface area contributed by atoms with E-state index in [1.54, 1.807) is 0 Å². The topological polar surface area (TPSA) is 30.2 Å². The molecule has 0 unspecified atom stereocenters. The molecule has 0 bridgehead atoms. The van der Waals surface area contributed by atoms with Crippen molar-refractivity contribution in [2.75, 3.05) is 0 Å². The van der Waals surface area contributed by atoms with E-state index in [9.17, 15) is 4.79 Å². The first-order chi connectivity index (χ1) is 12.1. The normalized spacial score (nSPS) is 11.0. The maximum absolute atomic E-state index is 13.2. The number of para-hydroxylation sites is 1. The highest BCUT2D eigenvalue weighted by Gasteiger charge is 2.17. The molecule has 2 nitrogen and oxygen atoms in total. The van der Waals surface area contributed by atoms with E-state index in [1.165, 1.54) is 5.56 Å². The Hall–Kier alpha value is -3.13. The Morgan fingerprint density at radius 3 is 1.88 bits per heavy atom. The van der Waals surface area contributed by atoms with Gasteiger partial charge in [-0.25, -0.2) is 0 Å². The summed E-state index contributed by atoms with van der Waals surface area (Å²) in [4.78, 5) is 13.2. The third kappa shape index (κ3) is 2.76. The number of fused-ring (bicyclic) bond motifs is 1. The van der Waals surface area contributed by atoms with Crippen LogP contribution in [0.4, 0.5) is 0 Å². The Morgan fingerprint density at radius 2 is 1.24 bits per heavy atom. The molecule has 0 aliphatic rings. The Labute approximate surface area is 146 Å². The van der Waals surface area contributed by atoms with Gasteiger partial charge in [0.2, 0.25) is 5.43 Å². The minimum Gasteiger partial charge on any atom is -0.455 e. The van der Waals surface area contributed by atoms with Crippen LogP contribution in [-0.4, -0.2) is 0 Å². The molecule has 0 amide bonds. The highest BCUT2D eigenvalue weighted by molar-refractivity contribution is 5.89. The Bertz CT molecular complexity index is 1100. The minimum atomic E-state index is 0.00118. The number of rotatable bonds is 2. The molecule has 3 aromatic carbocycles. The Morgan fingerprint density at radius 1 is 0.680 bits per heavy atom. The second kappa shape index (κ2) is 6.06. The van der Waals surface area contributed by atoms with Gasteiger partial charge in [-0.1, -0.05) is 71.8 Å². The zero-order valence-corrected chi connectivity index (χ0v) is 14.2. The van der Waals surface area contributed by atoms with Gasteiger partial charge >= 0.3 is 0 Å².